The molecule has 0 aliphatic carbocycles. The van der Waals surface area contributed by atoms with Crippen molar-refractivity contribution in [3.63, 3.8) is 0 Å². The van der Waals surface area contributed by atoms with E-state index in [1.807, 2.05) is 11.8 Å². The van der Waals surface area contributed by atoms with E-state index in [2.05, 4.69) is 36.3 Å². The summed E-state index contributed by atoms with van der Waals surface area (Å²) < 4.78 is 5.65. The van der Waals surface area contributed by atoms with Crippen molar-refractivity contribution >= 4 is 6.01 Å². The fourth-order valence-electron chi connectivity index (χ4n) is 2.14. The second-order valence-corrected chi connectivity index (χ2v) is 6.32. The zero-order valence-corrected chi connectivity index (χ0v) is 12.2. The average Bonchev–Trinajstić information content (AvgIpc) is 2.94. The van der Waals surface area contributed by atoms with E-state index in [-0.39, 0.29) is 11.6 Å². The molecule has 1 aromatic heterocycles. The van der Waals surface area contributed by atoms with Crippen molar-refractivity contribution in [2.75, 3.05) is 18.0 Å². The Hall–Kier alpha value is -1.14. The molecule has 0 aromatic carbocycles. The van der Waals surface area contributed by atoms with Gasteiger partial charge in [0.2, 0.25) is 5.89 Å². The molecule has 1 aliphatic heterocycles. The SMILES string of the molecule is CC(O)C1CCN(c2nnc(CNC(C)(C)C)o2)C1. The summed E-state index contributed by atoms with van der Waals surface area (Å²) in [7, 11) is 0. The summed E-state index contributed by atoms with van der Waals surface area (Å²) in [4.78, 5) is 2.05. The van der Waals surface area contributed by atoms with E-state index in [0.717, 1.165) is 19.5 Å². The molecule has 2 heterocycles. The minimum Gasteiger partial charge on any atom is -0.407 e. The summed E-state index contributed by atoms with van der Waals surface area (Å²) in [6, 6.07) is 0.564. The summed E-state index contributed by atoms with van der Waals surface area (Å²) >= 11 is 0. The van der Waals surface area contributed by atoms with Crippen LogP contribution in [0, 0.1) is 5.92 Å². The lowest BCUT2D eigenvalue weighted by Gasteiger charge is -2.18. The average molecular weight is 268 g/mol. The van der Waals surface area contributed by atoms with Crippen LogP contribution in [0.5, 0.6) is 0 Å². The Kier molecular flexibility index (Phi) is 4.10. The first-order valence-corrected chi connectivity index (χ1v) is 6.85. The fraction of sp³-hybridized carbons (Fsp3) is 0.846. The van der Waals surface area contributed by atoms with Crippen LogP contribution in [-0.4, -0.2) is 40.0 Å². The molecule has 0 saturated carbocycles. The molecule has 1 fully saturated rings. The van der Waals surface area contributed by atoms with E-state index in [1.165, 1.54) is 0 Å². The van der Waals surface area contributed by atoms with Gasteiger partial charge in [-0.1, -0.05) is 5.10 Å². The molecule has 1 aliphatic rings. The third-order valence-electron chi connectivity index (χ3n) is 3.40. The maximum Gasteiger partial charge on any atom is 0.318 e. The maximum absolute atomic E-state index is 9.59. The zero-order valence-electron chi connectivity index (χ0n) is 12.2. The van der Waals surface area contributed by atoms with Gasteiger partial charge in [-0.15, -0.1) is 5.10 Å². The van der Waals surface area contributed by atoms with Crippen LogP contribution in [0.1, 0.15) is 40.0 Å². The predicted molar refractivity (Wildman–Crippen MR) is 72.9 cm³/mol. The number of aliphatic hydroxyl groups excluding tert-OH is 1. The number of hydrogen-bond acceptors (Lipinski definition) is 6. The first kappa shape index (κ1) is 14.3. The number of aliphatic hydroxyl groups is 1. The topological polar surface area (TPSA) is 74.4 Å². The summed E-state index contributed by atoms with van der Waals surface area (Å²) in [6.45, 7) is 10.3. The molecule has 0 radical (unpaired) electrons. The van der Waals surface area contributed by atoms with Crippen molar-refractivity contribution in [2.45, 2.75) is 52.3 Å². The van der Waals surface area contributed by atoms with Gasteiger partial charge < -0.3 is 19.7 Å². The molecule has 2 N–H and O–H groups in total. The van der Waals surface area contributed by atoms with E-state index in [1.54, 1.807) is 0 Å². The van der Waals surface area contributed by atoms with Crippen LogP contribution in [-0.2, 0) is 6.54 Å². The molecule has 2 rings (SSSR count). The highest BCUT2D eigenvalue weighted by molar-refractivity contribution is 5.26. The van der Waals surface area contributed by atoms with E-state index in [0.29, 0.717) is 24.4 Å². The molecule has 19 heavy (non-hydrogen) atoms. The van der Waals surface area contributed by atoms with Gasteiger partial charge in [-0.05, 0) is 34.1 Å². The molecule has 6 nitrogen and oxygen atoms in total. The molecular formula is C13H24N4O2. The smallest absolute Gasteiger partial charge is 0.318 e. The largest absolute Gasteiger partial charge is 0.407 e. The highest BCUT2D eigenvalue weighted by Crippen LogP contribution is 2.24. The monoisotopic (exact) mass is 268 g/mol. The molecule has 0 amide bonds. The number of nitrogens with one attached hydrogen (secondary N) is 1. The van der Waals surface area contributed by atoms with Crippen LogP contribution in [0.15, 0.2) is 4.42 Å². The Morgan fingerprint density at radius 2 is 2.21 bits per heavy atom. The van der Waals surface area contributed by atoms with Crippen LogP contribution in [0.4, 0.5) is 6.01 Å². The van der Waals surface area contributed by atoms with Crippen LogP contribution in [0.3, 0.4) is 0 Å². The minimum atomic E-state index is -0.282. The second-order valence-electron chi connectivity index (χ2n) is 6.32. The van der Waals surface area contributed by atoms with Gasteiger partial charge in [0.05, 0.1) is 12.6 Å². The molecule has 2 atom stereocenters. The standard InChI is InChI=1S/C13H24N4O2/c1-9(18)10-5-6-17(8-10)12-16-15-11(19-12)7-14-13(2,3)4/h9-10,14,18H,5-8H2,1-4H3. The van der Waals surface area contributed by atoms with E-state index in [9.17, 15) is 5.11 Å². The lowest BCUT2D eigenvalue weighted by atomic mass is 10.0. The third kappa shape index (κ3) is 3.91. The van der Waals surface area contributed by atoms with Gasteiger partial charge in [0, 0.05) is 24.5 Å². The van der Waals surface area contributed by atoms with E-state index < -0.39 is 0 Å². The zero-order chi connectivity index (χ0) is 14.0. The minimum absolute atomic E-state index is 0.0275. The highest BCUT2D eigenvalue weighted by Gasteiger charge is 2.29. The van der Waals surface area contributed by atoms with E-state index in [4.69, 9.17) is 4.42 Å². The summed E-state index contributed by atoms with van der Waals surface area (Å²) in [5, 5.41) is 21.0. The number of rotatable bonds is 4. The predicted octanol–water partition coefficient (Wildman–Crippen LogP) is 1.16. The lowest BCUT2D eigenvalue weighted by Crippen LogP contribution is -2.35. The molecule has 6 heteroatoms. The molecule has 1 aromatic rings. The number of anilines is 1. The number of nitrogens with zero attached hydrogens (tertiary/aromatic N) is 3. The summed E-state index contributed by atoms with van der Waals surface area (Å²) in [5.41, 5.74) is 0.0275. The van der Waals surface area contributed by atoms with Crippen molar-refractivity contribution in [1.29, 1.82) is 0 Å². The molecule has 2 unspecified atom stereocenters. The highest BCUT2D eigenvalue weighted by atomic mass is 16.4. The second kappa shape index (κ2) is 5.46. The molecule has 0 spiro atoms. The van der Waals surface area contributed by atoms with Crippen molar-refractivity contribution < 1.29 is 9.52 Å². The Balaban J connectivity index is 1.91. The number of hydrogen-bond donors (Lipinski definition) is 2. The summed E-state index contributed by atoms with van der Waals surface area (Å²) in [6.07, 6.45) is 0.685. The molecular weight excluding hydrogens is 244 g/mol. The third-order valence-corrected chi connectivity index (χ3v) is 3.40. The van der Waals surface area contributed by atoms with Crippen molar-refractivity contribution in [2.24, 2.45) is 5.92 Å². The van der Waals surface area contributed by atoms with Gasteiger partial charge in [-0.2, -0.15) is 0 Å². The van der Waals surface area contributed by atoms with Gasteiger partial charge in [-0.3, -0.25) is 0 Å². The molecule has 1 saturated heterocycles. The number of aromatic nitrogens is 2. The van der Waals surface area contributed by atoms with E-state index >= 15 is 0 Å². The van der Waals surface area contributed by atoms with Crippen LogP contribution in [0.25, 0.3) is 0 Å². The van der Waals surface area contributed by atoms with Crippen molar-refractivity contribution in [3.8, 4) is 0 Å². The normalized spacial score (nSPS) is 21.9. The van der Waals surface area contributed by atoms with Crippen molar-refractivity contribution in [1.82, 2.24) is 15.5 Å². The van der Waals surface area contributed by atoms with Gasteiger partial charge in [0.25, 0.3) is 0 Å². The summed E-state index contributed by atoms with van der Waals surface area (Å²) in [5.74, 6) is 0.897. The van der Waals surface area contributed by atoms with Gasteiger partial charge in [-0.25, -0.2) is 0 Å². The van der Waals surface area contributed by atoms with Crippen LogP contribution >= 0.6 is 0 Å². The quantitative estimate of drug-likeness (QED) is 0.853. The molecule has 108 valence electrons. The first-order chi connectivity index (χ1) is 8.85. The Bertz CT molecular complexity index is 411. The Morgan fingerprint density at radius 3 is 2.79 bits per heavy atom. The Labute approximate surface area is 114 Å². The van der Waals surface area contributed by atoms with Gasteiger partial charge in [0.1, 0.15) is 0 Å². The fourth-order valence-corrected chi connectivity index (χ4v) is 2.14. The maximum atomic E-state index is 9.59. The van der Waals surface area contributed by atoms with Crippen LogP contribution in [0.2, 0.25) is 0 Å². The first-order valence-electron chi connectivity index (χ1n) is 6.85. The van der Waals surface area contributed by atoms with Crippen molar-refractivity contribution in [3.05, 3.63) is 5.89 Å². The molecule has 0 bridgehead atoms. The van der Waals surface area contributed by atoms with Gasteiger partial charge >= 0.3 is 6.01 Å². The van der Waals surface area contributed by atoms with Gasteiger partial charge in [0.15, 0.2) is 0 Å². The lowest BCUT2D eigenvalue weighted by molar-refractivity contribution is 0.136. The van der Waals surface area contributed by atoms with Crippen LogP contribution < -0.4 is 10.2 Å². The Morgan fingerprint density at radius 1 is 1.47 bits per heavy atom.